The van der Waals surface area contributed by atoms with Crippen LogP contribution in [0.25, 0.3) is 16.7 Å². The fraction of sp³-hybridized carbons (Fsp3) is 0.458. The molecule has 180 valence electrons. The Hall–Kier alpha value is -2.98. The van der Waals surface area contributed by atoms with E-state index in [-0.39, 0.29) is 18.2 Å². The van der Waals surface area contributed by atoms with E-state index in [4.69, 9.17) is 14.6 Å². The number of para-hydroxylation sites is 1. The lowest BCUT2D eigenvalue weighted by molar-refractivity contribution is 0.0600. The van der Waals surface area contributed by atoms with Crippen LogP contribution in [0.4, 0.5) is 0 Å². The molecule has 0 bridgehead atoms. The number of ether oxygens (including phenoxy) is 2. The number of carboxylic acid groups (broad SMARTS) is 1. The average molecular weight is 486 g/mol. The molecule has 0 unspecified atom stereocenters. The molecule has 1 saturated carbocycles. The van der Waals surface area contributed by atoms with Gasteiger partial charge in [-0.25, -0.2) is 22.9 Å². The first kappa shape index (κ1) is 22.8. The molecule has 0 atom stereocenters. The van der Waals surface area contributed by atoms with E-state index in [9.17, 15) is 18.3 Å². The summed E-state index contributed by atoms with van der Waals surface area (Å²) >= 11 is 0. The highest BCUT2D eigenvalue weighted by atomic mass is 32.2. The Labute approximate surface area is 197 Å². The summed E-state index contributed by atoms with van der Waals surface area (Å²) in [4.78, 5) is 16.3. The minimum Gasteiger partial charge on any atom is -0.491 e. The predicted molar refractivity (Wildman–Crippen MR) is 126 cm³/mol. The molecule has 1 saturated heterocycles. The molecule has 0 spiro atoms. The molecule has 2 aliphatic rings. The molecule has 2 fully saturated rings. The molecule has 0 radical (unpaired) electrons. The van der Waals surface area contributed by atoms with E-state index in [1.165, 1.54) is 12.3 Å². The van der Waals surface area contributed by atoms with Crippen molar-refractivity contribution in [3.05, 3.63) is 47.8 Å². The molecule has 1 N–H and O–H groups in total. The van der Waals surface area contributed by atoms with Crippen LogP contribution in [-0.2, 0) is 14.6 Å². The third-order valence-corrected chi connectivity index (χ3v) is 9.12. The van der Waals surface area contributed by atoms with Crippen LogP contribution >= 0.6 is 0 Å². The standard InChI is InChI=1S/C24H27N3O6S/c1-34(30,31)24(10-12-32-13-11-24)15-33-19-14-18(23(28)29)25-22-20(19)21(16-6-5-7-16)26-27(22)17-8-3-2-4-9-17/h2-4,8-9,14,16H,5-7,10-13,15H2,1H3,(H,28,29). The highest BCUT2D eigenvalue weighted by Crippen LogP contribution is 2.43. The van der Waals surface area contributed by atoms with Gasteiger partial charge in [-0.05, 0) is 37.8 Å². The molecule has 1 aromatic carbocycles. The number of pyridine rings is 1. The maximum atomic E-state index is 12.7. The molecule has 10 heteroatoms. The van der Waals surface area contributed by atoms with Gasteiger partial charge in [0.25, 0.3) is 0 Å². The molecule has 34 heavy (non-hydrogen) atoms. The Morgan fingerprint density at radius 2 is 1.94 bits per heavy atom. The highest BCUT2D eigenvalue weighted by Gasteiger charge is 2.43. The van der Waals surface area contributed by atoms with E-state index in [0.29, 0.717) is 42.8 Å². The van der Waals surface area contributed by atoms with E-state index >= 15 is 0 Å². The van der Waals surface area contributed by atoms with Crippen molar-refractivity contribution < 1.29 is 27.8 Å². The first-order valence-electron chi connectivity index (χ1n) is 11.4. The van der Waals surface area contributed by atoms with Crippen molar-refractivity contribution >= 4 is 26.8 Å². The van der Waals surface area contributed by atoms with Gasteiger partial charge in [-0.2, -0.15) is 5.10 Å². The zero-order valence-electron chi connectivity index (χ0n) is 18.9. The van der Waals surface area contributed by atoms with Crippen molar-refractivity contribution in [2.75, 3.05) is 26.1 Å². The number of hydrogen-bond acceptors (Lipinski definition) is 7. The van der Waals surface area contributed by atoms with Crippen molar-refractivity contribution in [2.24, 2.45) is 0 Å². The van der Waals surface area contributed by atoms with Crippen LogP contribution in [-0.4, -0.2) is 65.1 Å². The lowest BCUT2D eigenvalue weighted by atomic mass is 9.82. The van der Waals surface area contributed by atoms with Crippen LogP contribution in [0.15, 0.2) is 36.4 Å². The summed E-state index contributed by atoms with van der Waals surface area (Å²) in [5.74, 6) is -0.665. The molecule has 0 amide bonds. The topological polar surface area (TPSA) is 121 Å². The van der Waals surface area contributed by atoms with Gasteiger partial charge in [0.15, 0.2) is 21.2 Å². The lowest BCUT2D eigenvalue weighted by Crippen LogP contribution is -2.48. The molecule has 3 aromatic rings. The predicted octanol–water partition coefficient (Wildman–Crippen LogP) is 3.36. The molecule has 9 nitrogen and oxygen atoms in total. The van der Waals surface area contributed by atoms with Crippen LogP contribution in [0.2, 0.25) is 0 Å². The third-order valence-electron chi connectivity index (χ3n) is 7.02. The van der Waals surface area contributed by atoms with Crippen LogP contribution in [0.3, 0.4) is 0 Å². The van der Waals surface area contributed by atoms with E-state index in [2.05, 4.69) is 4.98 Å². The van der Waals surface area contributed by atoms with E-state index in [0.717, 1.165) is 30.6 Å². The smallest absolute Gasteiger partial charge is 0.354 e. The summed E-state index contributed by atoms with van der Waals surface area (Å²) in [6.45, 7) is 0.581. The van der Waals surface area contributed by atoms with Gasteiger partial charge in [0.2, 0.25) is 0 Å². The Morgan fingerprint density at radius 1 is 1.24 bits per heavy atom. The molecule has 5 rings (SSSR count). The SMILES string of the molecule is CS(=O)(=O)C1(COc2cc(C(=O)O)nc3c2c(C2CCC2)nn3-c2ccccc2)CCOCC1. The maximum Gasteiger partial charge on any atom is 0.354 e. The highest BCUT2D eigenvalue weighted by molar-refractivity contribution is 7.92. The van der Waals surface area contributed by atoms with E-state index in [1.54, 1.807) is 4.68 Å². The number of sulfone groups is 1. The first-order valence-corrected chi connectivity index (χ1v) is 13.3. The fourth-order valence-corrected chi connectivity index (χ4v) is 5.80. The number of aromatic carboxylic acids is 1. The first-order chi connectivity index (χ1) is 16.3. The Kier molecular flexibility index (Phi) is 5.81. The lowest BCUT2D eigenvalue weighted by Gasteiger charge is -2.35. The number of benzene rings is 1. The molecule has 1 aliphatic heterocycles. The fourth-order valence-electron chi connectivity index (χ4n) is 4.62. The zero-order chi connectivity index (χ0) is 23.9. The second kappa shape index (κ2) is 8.66. The number of rotatable bonds is 7. The van der Waals surface area contributed by atoms with Crippen molar-refractivity contribution in [2.45, 2.75) is 42.8 Å². The van der Waals surface area contributed by atoms with Gasteiger partial charge in [0.05, 0.1) is 16.8 Å². The molecular weight excluding hydrogens is 458 g/mol. The minimum absolute atomic E-state index is 0.0893. The van der Waals surface area contributed by atoms with Gasteiger partial charge < -0.3 is 14.6 Å². The largest absolute Gasteiger partial charge is 0.491 e. The minimum atomic E-state index is -3.45. The zero-order valence-corrected chi connectivity index (χ0v) is 19.8. The van der Waals surface area contributed by atoms with Gasteiger partial charge in [-0.1, -0.05) is 24.6 Å². The summed E-state index contributed by atoms with van der Waals surface area (Å²) < 4.78 is 37.6. The number of fused-ring (bicyclic) bond motifs is 1. The molecule has 3 heterocycles. The van der Waals surface area contributed by atoms with Gasteiger partial charge in [-0.15, -0.1) is 0 Å². The van der Waals surface area contributed by atoms with Crippen molar-refractivity contribution in [1.29, 1.82) is 0 Å². The maximum absolute atomic E-state index is 12.7. The number of carboxylic acids is 1. The number of hydrogen-bond donors (Lipinski definition) is 1. The molecular formula is C24H27N3O6S. The van der Waals surface area contributed by atoms with E-state index < -0.39 is 20.6 Å². The van der Waals surface area contributed by atoms with Crippen molar-refractivity contribution in [3.8, 4) is 11.4 Å². The quantitative estimate of drug-likeness (QED) is 0.541. The van der Waals surface area contributed by atoms with Gasteiger partial charge in [-0.3, -0.25) is 0 Å². The molecule has 1 aliphatic carbocycles. The summed E-state index contributed by atoms with van der Waals surface area (Å²) in [6, 6.07) is 10.8. The average Bonchev–Trinajstić information content (AvgIpc) is 3.16. The van der Waals surface area contributed by atoms with Gasteiger partial charge in [0, 0.05) is 31.5 Å². The van der Waals surface area contributed by atoms with Crippen LogP contribution in [0.1, 0.15) is 54.2 Å². The Morgan fingerprint density at radius 3 is 2.53 bits per heavy atom. The Bertz CT molecular complexity index is 1330. The number of nitrogens with zero attached hydrogens (tertiary/aromatic N) is 3. The summed E-state index contributed by atoms with van der Waals surface area (Å²) in [5, 5.41) is 15.2. The second-order valence-electron chi connectivity index (χ2n) is 9.13. The van der Waals surface area contributed by atoms with Crippen LogP contribution in [0, 0.1) is 0 Å². The number of aromatic nitrogens is 3. The third kappa shape index (κ3) is 3.94. The summed E-state index contributed by atoms with van der Waals surface area (Å²) in [7, 11) is -3.45. The monoisotopic (exact) mass is 485 g/mol. The summed E-state index contributed by atoms with van der Waals surface area (Å²) in [5.41, 5.74) is 1.78. The van der Waals surface area contributed by atoms with Gasteiger partial charge in [0.1, 0.15) is 17.1 Å². The van der Waals surface area contributed by atoms with Gasteiger partial charge >= 0.3 is 5.97 Å². The van der Waals surface area contributed by atoms with Crippen LogP contribution < -0.4 is 4.74 Å². The Balaban J connectivity index is 1.66. The van der Waals surface area contributed by atoms with Crippen LogP contribution in [0.5, 0.6) is 5.75 Å². The van der Waals surface area contributed by atoms with Crippen molar-refractivity contribution in [1.82, 2.24) is 14.8 Å². The second-order valence-corrected chi connectivity index (χ2v) is 11.5. The molecule has 2 aromatic heterocycles. The van der Waals surface area contributed by atoms with E-state index in [1.807, 2.05) is 30.3 Å². The number of carbonyl (C=O) groups is 1. The van der Waals surface area contributed by atoms with Crippen molar-refractivity contribution in [3.63, 3.8) is 0 Å². The normalized spacial score (nSPS) is 18.5. The summed E-state index contributed by atoms with van der Waals surface area (Å²) in [6.07, 6.45) is 4.92.